The number of carbonyl (C=O) groups is 1. The van der Waals surface area contributed by atoms with Crippen molar-refractivity contribution in [3.8, 4) is 0 Å². The molecule has 0 spiro atoms. The van der Waals surface area contributed by atoms with Gasteiger partial charge in [-0.3, -0.25) is 4.79 Å². The third kappa shape index (κ3) is 2.95. The lowest BCUT2D eigenvalue weighted by Crippen LogP contribution is -2.47. The van der Waals surface area contributed by atoms with E-state index < -0.39 is 30.7 Å². The van der Waals surface area contributed by atoms with Gasteiger partial charge in [0.15, 0.2) is 0 Å². The molecular formula is C8H16O5. The molecule has 13 heavy (non-hydrogen) atoms. The van der Waals surface area contributed by atoms with Gasteiger partial charge in [0.25, 0.3) is 0 Å². The zero-order valence-corrected chi connectivity index (χ0v) is 7.86. The van der Waals surface area contributed by atoms with Crippen molar-refractivity contribution in [3.63, 3.8) is 0 Å². The maximum Gasteiger partial charge on any atom is 0.311 e. The van der Waals surface area contributed by atoms with Crippen LogP contribution in [0.3, 0.4) is 0 Å². The minimum absolute atomic E-state index is 0.204. The molecule has 0 aliphatic carbocycles. The largest absolute Gasteiger partial charge is 0.466 e. The van der Waals surface area contributed by atoms with Crippen LogP contribution >= 0.6 is 0 Å². The van der Waals surface area contributed by atoms with Gasteiger partial charge in [-0.05, 0) is 13.8 Å². The number of esters is 1. The molecule has 1 unspecified atom stereocenters. The zero-order chi connectivity index (χ0) is 10.5. The van der Waals surface area contributed by atoms with E-state index in [-0.39, 0.29) is 6.61 Å². The van der Waals surface area contributed by atoms with E-state index in [4.69, 9.17) is 10.2 Å². The summed E-state index contributed by atoms with van der Waals surface area (Å²) in [7, 11) is 0. The molecule has 3 N–H and O–H groups in total. The first-order valence-electron chi connectivity index (χ1n) is 4.12. The molecule has 0 aromatic carbocycles. The van der Waals surface area contributed by atoms with E-state index >= 15 is 0 Å². The highest BCUT2D eigenvalue weighted by Gasteiger charge is 2.38. The summed E-state index contributed by atoms with van der Waals surface area (Å²) in [6.45, 7) is 1.88. The molecule has 0 fully saturated rings. The molecule has 0 amide bonds. The second-order valence-electron chi connectivity index (χ2n) is 2.89. The quantitative estimate of drug-likeness (QED) is 0.481. The molecule has 0 radical (unpaired) electrons. The number of carbonyl (C=O) groups excluding carboxylic acids is 1. The molecule has 78 valence electrons. The predicted octanol–water partition coefficient (Wildman–Crippen LogP) is -1.10. The van der Waals surface area contributed by atoms with Gasteiger partial charge in [0.05, 0.1) is 25.7 Å². The summed E-state index contributed by atoms with van der Waals surface area (Å²) in [5, 5.41) is 27.0. The smallest absolute Gasteiger partial charge is 0.311 e. The van der Waals surface area contributed by atoms with Crippen molar-refractivity contribution < 1.29 is 24.9 Å². The topological polar surface area (TPSA) is 87.0 Å². The fourth-order valence-electron chi connectivity index (χ4n) is 0.810. The van der Waals surface area contributed by atoms with Gasteiger partial charge in [-0.1, -0.05) is 0 Å². The molecule has 0 aromatic rings. The highest BCUT2D eigenvalue weighted by molar-refractivity contribution is 5.73. The summed E-state index contributed by atoms with van der Waals surface area (Å²) in [6, 6.07) is 0. The Morgan fingerprint density at radius 2 is 1.92 bits per heavy atom. The summed E-state index contributed by atoms with van der Waals surface area (Å²) >= 11 is 0. The molecule has 5 nitrogen and oxygen atoms in total. The maximum absolute atomic E-state index is 11.1. The Morgan fingerprint density at radius 1 is 1.46 bits per heavy atom. The third-order valence-corrected chi connectivity index (χ3v) is 1.99. The lowest BCUT2D eigenvalue weighted by molar-refractivity contribution is -0.164. The number of hydrogen-bond acceptors (Lipinski definition) is 5. The standard InChI is InChI=1S/C8H16O5/c1-3-13-7(11)6(2)8(12,4-9)5-10/h6,9-10,12H,3-5H2,1-2H3. The van der Waals surface area contributed by atoms with Gasteiger partial charge in [-0.25, -0.2) is 0 Å². The van der Waals surface area contributed by atoms with Crippen LogP contribution in [0.4, 0.5) is 0 Å². The summed E-state index contributed by atoms with van der Waals surface area (Å²) in [6.07, 6.45) is 0. The predicted molar refractivity (Wildman–Crippen MR) is 44.9 cm³/mol. The van der Waals surface area contributed by atoms with Gasteiger partial charge in [-0.2, -0.15) is 0 Å². The van der Waals surface area contributed by atoms with Crippen LogP contribution in [-0.4, -0.2) is 46.7 Å². The number of rotatable bonds is 5. The first-order chi connectivity index (χ1) is 6.01. The molecule has 0 rings (SSSR count). The molecule has 0 aromatic heterocycles. The van der Waals surface area contributed by atoms with Gasteiger partial charge < -0.3 is 20.1 Å². The van der Waals surface area contributed by atoms with E-state index in [1.165, 1.54) is 6.92 Å². The van der Waals surface area contributed by atoms with E-state index in [1.54, 1.807) is 6.92 Å². The van der Waals surface area contributed by atoms with Crippen LogP contribution in [0.15, 0.2) is 0 Å². The molecule has 0 heterocycles. The lowest BCUT2D eigenvalue weighted by atomic mass is 9.90. The zero-order valence-electron chi connectivity index (χ0n) is 7.86. The van der Waals surface area contributed by atoms with Crippen molar-refractivity contribution >= 4 is 5.97 Å². The van der Waals surface area contributed by atoms with Crippen molar-refractivity contribution in [3.05, 3.63) is 0 Å². The normalized spacial score (nSPS) is 13.9. The van der Waals surface area contributed by atoms with Crippen molar-refractivity contribution in [1.29, 1.82) is 0 Å². The van der Waals surface area contributed by atoms with Crippen molar-refractivity contribution in [2.24, 2.45) is 5.92 Å². The van der Waals surface area contributed by atoms with E-state index in [9.17, 15) is 9.90 Å². The molecule has 0 bridgehead atoms. The van der Waals surface area contributed by atoms with E-state index in [1.807, 2.05) is 0 Å². The van der Waals surface area contributed by atoms with Crippen molar-refractivity contribution in [1.82, 2.24) is 0 Å². The third-order valence-electron chi connectivity index (χ3n) is 1.99. The van der Waals surface area contributed by atoms with Gasteiger partial charge in [0, 0.05) is 0 Å². The van der Waals surface area contributed by atoms with Gasteiger partial charge in [0.1, 0.15) is 5.60 Å². The second kappa shape index (κ2) is 5.16. The molecule has 0 saturated carbocycles. The van der Waals surface area contributed by atoms with Crippen molar-refractivity contribution in [2.45, 2.75) is 19.4 Å². The first kappa shape index (κ1) is 12.3. The summed E-state index contributed by atoms with van der Waals surface area (Å²) in [5.74, 6) is -1.57. The maximum atomic E-state index is 11.1. The molecule has 1 atom stereocenters. The Kier molecular flexibility index (Phi) is 4.90. The van der Waals surface area contributed by atoms with Crippen LogP contribution in [0.1, 0.15) is 13.8 Å². The Bertz CT molecular complexity index is 164. The average molecular weight is 192 g/mol. The van der Waals surface area contributed by atoms with Crippen LogP contribution in [-0.2, 0) is 9.53 Å². The number of ether oxygens (including phenoxy) is 1. The Hall–Kier alpha value is -0.650. The van der Waals surface area contributed by atoms with Gasteiger partial charge >= 0.3 is 5.97 Å². The van der Waals surface area contributed by atoms with Crippen LogP contribution in [0.25, 0.3) is 0 Å². The Balaban J connectivity index is 4.36. The Labute approximate surface area is 77.0 Å². The minimum Gasteiger partial charge on any atom is -0.466 e. The Morgan fingerprint density at radius 3 is 2.23 bits per heavy atom. The van der Waals surface area contributed by atoms with Gasteiger partial charge in [0.2, 0.25) is 0 Å². The molecular weight excluding hydrogens is 176 g/mol. The highest BCUT2D eigenvalue weighted by atomic mass is 16.5. The fourth-order valence-corrected chi connectivity index (χ4v) is 0.810. The van der Waals surface area contributed by atoms with E-state index in [0.29, 0.717) is 0 Å². The fraction of sp³-hybridized carbons (Fsp3) is 0.875. The summed E-state index contributed by atoms with van der Waals surface area (Å²) in [4.78, 5) is 11.1. The van der Waals surface area contributed by atoms with Crippen molar-refractivity contribution in [2.75, 3.05) is 19.8 Å². The number of hydrogen-bond donors (Lipinski definition) is 3. The SMILES string of the molecule is CCOC(=O)C(C)C(O)(CO)CO. The number of aliphatic hydroxyl groups excluding tert-OH is 2. The lowest BCUT2D eigenvalue weighted by Gasteiger charge is -2.28. The monoisotopic (exact) mass is 192 g/mol. The van der Waals surface area contributed by atoms with Crippen LogP contribution in [0.2, 0.25) is 0 Å². The summed E-state index contributed by atoms with van der Waals surface area (Å²) < 4.78 is 4.63. The van der Waals surface area contributed by atoms with E-state index in [0.717, 1.165) is 0 Å². The minimum atomic E-state index is -1.80. The molecule has 5 heteroatoms. The van der Waals surface area contributed by atoms with Gasteiger partial charge in [-0.15, -0.1) is 0 Å². The molecule has 0 saturated heterocycles. The average Bonchev–Trinajstić information content (AvgIpc) is 2.16. The highest BCUT2D eigenvalue weighted by Crippen LogP contribution is 2.17. The van der Waals surface area contributed by atoms with E-state index in [2.05, 4.69) is 4.74 Å². The van der Waals surface area contributed by atoms with Crippen LogP contribution in [0.5, 0.6) is 0 Å². The van der Waals surface area contributed by atoms with Crippen LogP contribution < -0.4 is 0 Å². The molecule has 0 aliphatic heterocycles. The molecule has 0 aliphatic rings. The number of aliphatic hydroxyl groups is 3. The second-order valence-corrected chi connectivity index (χ2v) is 2.89. The summed E-state index contributed by atoms with van der Waals surface area (Å²) in [5.41, 5.74) is -1.80. The first-order valence-corrected chi connectivity index (χ1v) is 4.12. The van der Waals surface area contributed by atoms with Crippen LogP contribution in [0, 0.1) is 5.92 Å².